The van der Waals surface area contributed by atoms with E-state index < -0.39 is 0 Å². The van der Waals surface area contributed by atoms with Crippen molar-refractivity contribution in [1.82, 2.24) is 9.78 Å². The lowest BCUT2D eigenvalue weighted by Gasteiger charge is -2.12. The van der Waals surface area contributed by atoms with Crippen molar-refractivity contribution in [3.63, 3.8) is 0 Å². The number of hydrogen-bond donors (Lipinski definition) is 2. The third-order valence-electron chi connectivity index (χ3n) is 3.24. The molecule has 0 bridgehead atoms. The molecule has 2 rings (SSSR count). The van der Waals surface area contributed by atoms with Crippen LogP contribution in [0.25, 0.3) is 10.9 Å². The van der Waals surface area contributed by atoms with Gasteiger partial charge in [-0.05, 0) is 25.1 Å². The molecule has 0 spiro atoms. The van der Waals surface area contributed by atoms with Gasteiger partial charge in [0, 0.05) is 31.3 Å². The molecular formula is C14H21ClN4O2. The Morgan fingerprint density at radius 1 is 1.52 bits per heavy atom. The third kappa shape index (κ3) is 4.17. The largest absolute Gasteiger partial charge is 0.380 e. The Morgan fingerprint density at radius 3 is 2.90 bits per heavy atom. The summed E-state index contributed by atoms with van der Waals surface area (Å²) < 4.78 is 6.99. The van der Waals surface area contributed by atoms with E-state index >= 15 is 0 Å². The lowest BCUT2D eigenvalue weighted by atomic mass is 10.2. The molecule has 0 saturated carbocycles. The first kappa shape index (κ1) is 17.4. The van der Waals surface area contributed by atoms with Crippen molar-refractivity contribution >= 4 is 34.9 Å². The Bertz CT molecular complexity index is 596. The first-order chi connectivity index (χ1) is 9.67. The first-order valence-electron chi connectivity index (χ1n) is 6.66. The van der Waals surface area contributed by atoms with Gasteiger partial charge in [-0.2, -0.15) is 5.10 Å². The number of nitrogens with zero attached hydrogens (tertiary/aromatic N) is 2. The summed E-state index contributed by atoms with van der Waals surface area (Å²) in [6, 6.07) is 5.74. The van der Waals surface area contributed by atoms with Gasteiger partial charge in [0.1, 0.15) is 0 Å². The summed E-state index contributed by atoms with van der Waals surface area (Å²) in [4.78, 5) is 11.9. The van der Waals surface area contributed by atoms with Gasteiger partial charge in [0.25, 0.3) is 0 Å². The number of nitrogens with one attached hydrogen (secondary N) is 1. The van der Waals surface area contributed by atoms with Crippen LogP contribution in [-0.2, 0) is 16.1 Å². The molecule has 0 aliphatic heterocycles. The molecule has 116 valence electrons. The number of aryl methyl sites for hydroxylation is 1. The summed E-state index contributed by atoms with van der Waals surface area (Å²) in [5.41, 5.74) is 7.27. The van der Waals surface area contributed by atoms with Gasteiger partial charge in [0.15, 0.2) is 0 Å². The van der Waals surface area contributed by atoms with Crippen molar-refractivity contribution in [1.29, 1.82) is 0 Å². The molecule has 1 heterocycles. The molecule has 0 saturated heterocycles. The number of carbonyl (C=O) groups is 1. The zero-order chi connectivity index (χ0) is 14.5. The molecule has 7 heteroatoms. The number of aromatic nitrogens is 2. The maximum Gasteiger partial charge on any atom is 0.227 e. The fraction of sp³-hybridized carbons (Fsp3) is 0.429. The monoisotopic (exact) mass is 312 g/mol. The first-order valence-corrected chi connectivity index (χ1v) is 6.66. The van der Waals surface area contributed by atoms with E-state index in [1.54, 1.807) is 7.11 Å². The van der Waals surface area contributed by atoms with Crippen LogP contribution >= 0.6 is 12.4 Å². The molecule has 1 unspecified atom stereocenters. The topological polar surface area (TPSA) is 82.2 Å². The number of halogens is 1. The van der Waals surface area contributed by atoms with Gasteiger partial charge < -0.3 is 15.8 Å². The smallest absolute Gasteiger partial charge is 0.227 e. The van der Waals surface area contributed by atoms with Crippen molar-refractivity contribution in [3.05, 3.63) is 24.4 Å². The second kappa shape index (κ2) is 7.97. The van der Waals surface area contributed by atoms with E-state index in [4.69, 9.17) is 10.5 Å². The van der Waals surface area contributed by atoms with Gasteiger partial charge in [-0.3, -0.25) is 9.48 Å². The maximum absolute atomic E-state index is 11.9. The predicted octanol–water partition coefficient (Wildman–Crippen LogP) is 1.78. The van der Waals surface area contributed by atoms with Crippen molar-refractivity contribution in [2.24, 2.45) is 5.73 Å². The number of anilines is 1. The van der Waals surface area contributed by atoms with E-state index in [1.165, 1.54) is 0 Å². The fourth-order valence-corrected chi connectivity index (χ4v) is 2.08. The highest BCUT2D eigenvalue weighted by Gasteiger charge is 2.12. The summed E-state index contributed by atoms with van der Waals surface area (Å²) in [6.07, 6.45) is 1.82. The zero-order valence-electron chi connectivity index (χ0n) is 12.2. The van der Waals surface area contributed by atoms with Crippen LogP contribution in [0.2, 0.25) is 0 Å². The fourth-order valence-electron chi connectivity index (χ4n) is 2.08. The number of amides is 1. The molecule has 0 aliphatic carbocycles. The number of hydrogen-bond acceptors (Lipinski definition) is 4. The predicted molar refractivity (Wildman–Crippen MR) is 85.8 cm³/mol. The molecule has 1 amide bonds. The molecule has 1 aromatic carbocycles. The van der Waals surface area contributed by atoms with Crippen LogP contribution in [-0.4, -0.2) is 35.4 Å². The van der Waals surface area contributed by atoms with Gasteiger partial charge in [0.05, 0.1) is 24.2 Å². The van der Waals surface area contributed by atoms with Gasteiger partial charge >= 0.3 is 0 Å². The van der Waals surface area contributed by atoms with Crippen LogP contribution in [0.1, 0.15) is 13.3 Å². The van der Waals surface area contributed by atoms with Crippen LogP contribution in [0.15, 0.2) is 24.4 Å². The second-order valence-electron chi connectivity index (χ2n) is 4.58. The van der Waals surface area contributed by atoms with Crippen molar-refractivity contribution in [2.75, 3.05) is 19.0 Å². The Balaban J connectivity index is 0.00000220. The number of fused-ring (bicyclic) bond motifs is 1. The quantitative estimate of drug-likeness (QED) is 0.852. The minimum atomic E-state index is -0.250. The Morgan fingerprint density at radius 2 is 2.29 bits per heavy atom. The summed E-state index contributed by atoms with van der Waals surface area (Å²) in [7, 11) is 1.55. The number of nitrogens with two attached hydrogens (primary N) is 1. The number of rotatable bonds is 6. The Kier molecular flexibility index (Phi) is 6.61. The summed E-state index contributed by atoms with van der Waals surface area (Å²) in [6.45, 7) is 3.15. The van der Waals surface area contributed by atoms with Crippen LogP contribution in [0.3, 0.4) is 0 Å². The highest BCUT2D eigenvalue weighted by Crippen LogP contribution is 2.19. The number of carbonyl (C=O) groups excluding carboxylic acids is 1. The number of methoxy groups -OCH3 is 1. The molecule has 21 heavy (non-hydrogen) atoms. The highest BCUT2D eigenvalue weighted by molar-refractivity contribution is 5.93. The minimum Gasteiger partial charge on any atom is -0.380 e. The second-order valence-corrected chi connectivity index (χ2v) is 4.58. The Labute approximate surface area is 130 Å². The van der Waals surface area contributed by atoms with Crippen molar-refractivity contribution in [2.45, 2.75) is 26.0 Å². The zero-order valence-corrected chi connectivity index (χ0v) is 13.0. The molecule has 0 aliphatic rings. The molecule has 3 N–H and O–H groups in total. The van der Waals surface area contributed by atoms with Crippen LogP contribution in [0.4, 0.5) is 5.69 Å². The summed E-state index contributed by atoms with van der Waals surface area (Å²) in [5.74, 6) is -0.107. The average molecular weight is 313 g/mol. The summed E-state index contributed by atoms with van der Waals surface area (Å²) in [5, 5.41) is 8.19. The lowest BCUT2D eigenvalue weighted by molar-refractivity contribution is -0.118. The van der Waals surface area contributed by atoms with E-state index in [1.807, 2.05) is 36.0 Å². The van der Waals surface area contributed by atoms with Gasteiger partial charge in [-0.25, -0.2) is 0 Å². The van der Waals surface area contributed by atoms with Crippen LogP contribution < -0.4 is 11.1 Å². The molecule has 0 fully saturated rings. The van der Waals surface area contributed by atoms with E-state index in [9.17, 15) is 4.79 Å². The lowest BCUT2D eigenvalue weighted by Crippen LogP contribution is -2.28. The average Bonchev–Trinajstić information content (AvgIpc) is 2.87. The van der Waals surface area contributed by atoms with E-state index in [0.29, 0.717) is 6.54 Å². The SMILES string of the molecule is CCn1ncc2ccc(NC(=O)CC(CN)OC)cc21.Cl. The van der Waals surface area contributed by atoms with Gasteiger partial charge in [0.2, 0.25) is 5.91 Å². The standard InChI is InChI=1S/C14H20N4O2.ClH/c1-3-18-13-6-11(5-4-10(13)9-16-18)17-14(19)7-12(8-15)20-2;/h4-6,9,12H,3,7-8,15H2,1-2H3,(H,17,19);1H. The molecular weight excluding hydrogens is 292 g/mol. The van der Waals surface area contributed by atoms with E-state index in [2.05, 4.69) is 10.4 Å². The summed E-state index contributed by atoms with van der Waals surface area (Å²) >= 11 is 0. The van der Waals surface area contributed by atoms with E-state index in [0.717, 1.165) is 23.1 Å². The molecule has 1 atom stereocenters. The van der Waals surface area contributed by atoms with Crippen LogP contribution in [0.5, 0.6) is 0 Å². The highest BCUT2D eigenvalue weighted by atomic mass is 35.5. The third-order valence-corrected chi connectivity index (χ3v) is 3.24. The van der Waals surface area contributed by atoms with Gasteiger partial charge in [-0.1, -0.05) is 0 Å². The molecule has 0 radical (unpaired) electrons. The maximum atomic E-state index is 11.9. The van der Waals surface area contributed by atoms with Crippen molar-refractivity contribution < 1.29 is 9.53 Å². The minimum absolute atomic E-state index is 0. The number of ether oxygens (including phenoxy) is 1. The van der Waals surface area contributed by atoms with Crippen LogP contribution in [0, 0.1) is 0 Å². The van der Waals surface area contributed by atoms with Crippen molar-refractivity contribution in [3.8, 4) is 0 Å². The molecule has 6 nitrogen and oxygen atoms in total. The molecule has 2 aromatic rings. The van der Waals surface area contributed by atoms with E-state index in [-0.39, 0.29) is 30.8 Å². The number of benzene rings is 1. The van der Waals surface area contributed by atoms with Gasteiger partial charge in [-0.15, -0.1) is 12.4 Å². The Hall–Kier alpha value is -1.63. The molecule has 1 aromatic heterocycles. The normalized spacial score (nSPS) is 12.0.